The van der Waals surface area contributed by atoms with Crippen molar-refractivity contribution in [1.82, 2.24) is 4.57 Å². The highest BCUT2D eigenvalue weighted by Gasteiger charge is 2.10. The molecule has 16 heavy (non-hydrogen) atoms. The number of nitrogen functional groups attached to an aromatic ring is 1. The Morgan fingerprint density at radius 3 is 2.56 bits per heavy atom. The van der Waals surface area contributed by atoms with Crippen LogP contribution in [0.5, 0.6) is 0 Å². The van der Waals surface area contributed by atoms with E-state index in [1.54, 1.807) is 23.9 Å². The summed E-state index contributed by atoms with van der Waals surface area (Å²) in [5, 5.41) is 2.80. The average Bonchev–Trinajstić information content (AvgIpc) is 2.59. The number of carbonyl (C=O) groups is 1. The Balaban J connectivity index is 2.18. The molecule has 2 rings (SSSR count). The summed E-state index contributed by atoms with van der Waals surface area (Å²) in [6, 6.07) is 11.0. The van der Waals surface area contributed by atoms with Gasteiger partial charge in [0, 0.05) is 18.9 Å². The predicted molar refractivity (Wildman–Crippen MR) is 64.2 cm³/mol. The predicted octanol–water partition coefficient (Wildman–Crippen LogP) is 1.86. The zero-order valence-corrected chi connectivity index (χ0v) is 8.97. The van der Waals surface area contributed by atoms with Crippen LogP contribution in [0, 0.1) is 0 Å². The van der Waals surface area contributed by atoms with Gasteiger partial charge < -0.3 is 15.6 Å². The van der Waals surface area contributed by atoms with Crippen LogP contribution in [0.4, 0.5) is 11.4 Å². The SMILES string of the molecule is Cn1cc(N)cc1C(=O)Nc1ccccc1. The van der Waals surface area contributed by atoms with Gasteiger partial charge in [-0.05, 0) is 18.2 Å². The van der Waals surface area contributed by atoms with Gasteiger partial charge in [-0.25, -0.2) is 0 Å². The molecule has 0 aliphatic heterocycles. The number of amides is 1. The zero-order valence-electron chi connectivity index (χ0n) is 8.97. The summed E-state index contributed by atoms with van der Waals surface area (Å²) in [5.74, 6) is -0.162. The number of para-hydroxylation sites is 1. The number of aryl methyl sites for hydroxylation is 1. The molecule has 1 heterocycles. The Hall–Kier alpha value is -2.23. The van der Waals surface area contributed by atoms with Gasteiger partial charge in [-0.2, -0.15) is 0 Å². The first-order valence-electron chi connectivity index (χ1n) is 4.95. The van der Waals surface area contributed by atoms with E-state index in [1.165, 1.54) is 0 Å². The molecule has 1 aromatic carbocycles. The minimum Gasteiger partial charge on any atom is -0.397 e. The number of aromatic nitrogens is 1. The van der Waals surface area contributed by atoms with Crippen LogP contribution in [0.2, 0.25) is 0 Å². The number of nitrogens with zero attached hydrogens (tertiary/aromatic N) is 1. The second-order valence-electron chi connectivity index (χ2n) is 3.59. The molecule has 0 saturated carbocycles. The lowest BCUT2D eigenvalue weighted by Gasteiger charge is -2.05. The lowest BCUT2D eigenvalue weighted by atomic mass is 10.3. The van der Waals surface area contributed by atoms with Crippen LogP contribution in [-0.4, -0.2) is 10.5 Å². The molecule has 0 saturated heterocycles. The number of benzene rings is 1. The summed E-state index contributed by atoms with van der Waals surface area (Å²) >= 11 is 0. The van der Waals surface area contributed by atoms with E-state index in [0.717, 1.165) is 5.69 Å². The summed E-state index contributed by atoms with van der Waals surface area (Å²) in [4.78, 5) is 11.9. The van der Waals surface area contributed by atoms with Crippen LogP contribution in [0.3, 0.4) is 0 Å². The van der Waals surface area contributed by atoms with Crippen molar-refractivity contribution in [2.24, 2.45) is 7.05 Å². The molecule has 1 aromatic heterocycles. The number of anilines is 2. The van der Waals surface area contributed by atoms with Crippen LogP contribution < -0.4 is 11.1 Å². The van der Waals surface area contributed by atoms with E-state index in [1.807, 2.05) is 30.3 Å². The highest BCUT2D eigenvalue weighted by atomic mass is 16.1. The molecule has 4 nitrogen and oxygen atoms in total. The summed E-state index contributed by atoms with van der Waals surface area (Å²) < 4.78 is 1.70. The number of nitrogens with two attached hydrogens (primary N) is 1. The Labute approximate surface area is 93.7 Å². The van der Waals surface area contributed by atoms with Crippen LogP contribution in [0.15, 0.2) is 42.6 Å². The second kappa shape index (κ2) is 4.10. The quantitative estimate of drug-likeness (QED) is 0.803. The highest BCUT2D eigenvalue weighted by molar-refractivity contribution is 6.03. The van der Waals surface area contributed by atoms with E-state index >= 15 is 0 Å². The molecule has 0 fully saturated rings. The maximum absolute atomic E-state index is 11.9. The molecule has 3 N–H and O–H groups in total. The van der Waals surface area contributed by atoms with Crippen molar-refractivity contribution in [2.75, 3.05) is 11.1 Å². The molecular formula is C12H13N3O. The van der Waals surface area contributed by atoms with E-state index in [4.69, 9.17) is 5.73 Å². The lowest BCUT2D eigenvalue weighted by Crippen LogP contribution is -2.15. The average molecular weight is 215 g/mol. The largest absolute Gasteiger partial charge is 0.397 e. The van der Waals surface area contributed by atoms with Gasteiger partial charge in [0.2, 0.25) is 0 Å². The van der Waals surface area contributed by atoms with Gasteiger partial charge in [-0.1, -0.05) is 18.2 Å². The Morgan fingerprint density at radius 2 is 2.00 bits per heavy atom. The van der Waals surface area contributed by atoms with Gasteiger partial charge in [0.05, 0.1) is 5.69 Å². The highest BCUT2D eigenvalue weighted by Crippen LogP contribution is 2.12. The fourth-order valence-corrected chi connectivity index (χ4v) is 1.53. The van der Waals surface area contributed by atoms with Crippen LogP contribution in [-0.2, 0) is 7.05 Å². The molecule has 0 aliphatic carbocycles. The monoisotopic (exact) mass is 215 g/mol. The van der Waals surface area contributed by atoms with Gasteiger partial charge in [0.25, 0.3) is 5.91 Å². The van der Waals surface area contributed by atoms with Crippen molar-refractivity contribution in [2.45, 2.75) is 0 Å². The summed E-state index contributed by atoms with van der Waals surface area (Å²) in [5.41, 5.74) is 7.51. The lowest BCUT2D eigenvalue weighted by molar-refractivity contribution is 0.101. The molecule has 0 radical (unpaired) electrons. The number of hydrogen-bond donors (Lipinski definition) is 2. The van der Waals surface area contributed by atoms with Gasteiger partial charge in [-0.15, -0.1) is 0 Å². The van der Waals surface area contributed by atoms with Gasteiger partial charge >= 0.3 is 0 Å². The molecule has 0 bridgehead atoms. The molecule has 2 aromatic rings. The zero-order chi connectivity index (χ0) is 11.5. The normalized spacial score (nSPS) is 10.1. The number of hydrogen-bond acceptors (Lipinski definition) is 2. The molecule has 0 unspecified atom stereocenters. The van der Waals surface area contributed by atoms with Crippen molar-refractivity contribution in [3.8, 4) is 0 Å². The first kappa shape index (κ1) is 10.3. The first-order valence-corrected chi connectivity index (χ1v) is 4.95. The standard InChI is InChI=1S/C12H13N3O/c1-15-8-9(13)7-11(15)12(16)14-10-5-3-2-4-6-10/h2-8H,13H2,1H3,(H,14,16). The van der Waals surface area contributed by atoms with Gasteiger partial charge in [-0.3, -0.25) is 4.79 Å². The van der Waals surface area contributed by atoms with E-state index < -0.39 is 0 Å². The molecule has 0 atom stereocenters. The van der Waals surface area contributed by atoms with Crippen molar-refractivity contribution < 1.29 is 4.79 Å². The Kier molecular flexibility index (Phi) is 2.64. The second-order valence-corrected chi connectivity index (χ2v) is 3.59. The Bertz CT molecular complexity index is 502. The molecule has 82 valence electrons. The Morgan fingerprint density at radius 1 is 1.31 bits per heavy atom. The number of nitrogens with one attached hydrogen (secondary N) is 1. The maximum atomic E-state index is 11.9. The summed E-state index contributed by atoms with van der Waals surface area (Å²) in [7, 11) is 1.79. The van der Waals surface area contributed by atoms with Crippen molar-refractivity contribution >= 4 is 17.3 Å². The van der Waals surface area contributed by atoms with Crippen molar-refractivity contribution in [3.63, 3.8) is 0 Å². The smallest absolute Gasteiger partial charge is 0.272 e. The van der Waals surface area contributed by atoms with E-state index in [-0.39, 0.29) is 5.91 Å². The molecule has 4 heteroatoms. The third kappa shape index (κ3) is 2.06. The van der Waals surface area contributed by atoms with Crippen molar-refractivity contribution in [1.29, 1.82) is 0 Å². The van der Waals surface area contributed by atoms with Gasteiger partial charge in [0.15, 0.2) is 0 Å². The fourth-order valence-electron chi connectivity index (χ4n) is 1.53. The molecule has 1 amide bonds. The number of carbonyl (C=O) groups excluding carboxylic acids is 1. The molecule has 0 aliphatic rings. The van der Waals surface area contributed by atoms with E-state index in [0.29, 0.717) is 11.4 Å². The molecule has 0 spiro atoms. The fraction of sp³-hybridized carbons (Fsp3) is 0.0833. The van der Waals surface area contributed by atoms with E-state index in [9.17, 15) is 4.79 Å². The van der Waals surface area contributed by atoms with Crippen molar-refractivity contribution in [3.05, 3.63) is 48.3 Å². The minimum absolute atomic E-state index is 0.162. The number of rotatable bonds is 2. The van der Waals surface area contributed by atoms with Crippen LogP contribution in [0.1, 0.15) is 10.5 Å². The summed E-state index contributed by atoms with van der Waals surface area (Å²) in [6.45, 7) is 0. The molecular weight excluding hydrogens is 202 g/mol. The van der Waals surface area contributed by atoms with Gasteiger partial charge in [0.1, 0.15) is 5.69 Å². The van der Waals surface area contributed by atoms with Crippen LogP contribution in [0.25, 0.3) is 0 Å². The topological polar surface area (TPSA) is 60.0 Å². The third-order valence-electron chi connectivity index (χ3n) is 2.29. The van der Waals surface area contributed by atoms with E-state index in [2.05, 4.69) is 5.32 Å². The first-order chi connectivity index (χ1) is 7.66. The third-order valence-corrected chi connectivity index (χ3v) is 2.29. The minimum atomic E-state index is -0.162. The maximum Gasteiger partial charge on any atom is 0.272 e. The van der Waals surface area contributed by atoms with Crippen LogP contribution >= 0.6 is 0 Å². The summed E-state index contributed by atoms with van der Waals surface area (Å²) in [6.07, 6.45) is 1.71.